The highest BCUT2D eigenvalue weighted by Crippen LogP contribution is 2.51. The Morgan fingerprint density at radius 3 is 1.74 bits per heavy atom. The van der Waals surface area contributed by atoms with Gasteiger partial charge < -0.3 is 18.9 Å². The number of rotatable bonds is 7. The van der Waals surface area contributed by atoms with Crippen LogP contribution in [0.5, 0.6) is 28.7 Å². The van der Waals surface area contributed by atoms with Gasteiger partial charge >= 0.3 is 0 Å². The Bertz CT molecular complexity index is 1150. The molecular weight excluding hydrogens is 388 g/mol. The molecule has 0 unspecified atom stereocenters. The molecule has 4 rings (SSSR count). The van der Waals surface area contributed by atoms with Gasteiger partial charge in [0.1, 0.15) is 5.75 Å². The molecule has 0 heterocycles. The summed E-state index contributed by atoms with van der Waals surface area (Å²) in [6, 6.07) is 30.1. The quantitative estimate of drug-likeness (QED) is 0.333. The van der Waals surface area contributed by atoms with Crippen molar-refractivity contribution < 1.29 is 18.9 Å². The van der Waals surface area contributed by atoms with Crippen molar-refractivity contribution >= 4 is 0 Å². The molecule has 4 nitrogen and oxygen atoms in total. The molecule has 4 aromatic rings. The number of benzene rings is 4. The van der Waals surface area contributed by atoms with Crippen molar-refractivity contribution in [1.29, 1.82) is 0 Å². The second kappa shape index (κ2) is 9.26. The second-order valence-electron chi connectivity index (χ2n) is 6.88. The minimum Gasteiger partial charge on any atom is -0.493 e. The Kier molecular flexibility index (Phi) is 6.08. The van der Waals surface area contributed by atoms with Crippen LogP contribution in [-0.4, -0.2) is 21.3 Å². The Hall–Kier alpha value is -3.92. The lowest BCUT2D eigenvalue weighted by molar-refractivity contribution is 0.313. The molecular formula is C27H24O4. The van der Waals surface area contributed by atoms with Gasteiger partial charge in [0.2, 0.25) is 11.5 Å². The molecule has 0 saturated heterocycles. The number of para-hydroxylation sites is 1. The van der Waals surface area contributed by atoms with Crippen molar-refractivity contribution in [2.75, 3.05) is 21.3 Å². The molecule has 0 amide bonds. The summed E-state index contributed by atoms with van der Waals surface area (Å²) in [4.78, 5) is 0. The van der Waals surface area contributed by atoms with Crippen LogP contribution in [0.3, 0.4) is 0 Å². The second-order valence-corrected chi connectivity index (χ2v) is 6.88. The highest BCUT2D eigenvalue weighted by Gasteiger charge is 2.24. The van der Waals surface area contributed by atoms with E-state index in [-0.39, 0.29) is 0 Å². The van der Waals surface area contributed by atoms with Crippen LogP contribution in [0.25, 0.3) is 22.3 Å². The SMILES string of the molecule is COc1cc(-c2cccc(-c3ccccc3)c2)c(Oc2ccccc2)c(OC)c1OC. The third-order valence-electron chi connectivity index (χ3n) is 5.03. The summed E-state index contributed by atoms with van der Waals surface area (Å²) in [6.45, 7) is 0. The molecule has 0 radical (unpaired) electrons. The molecule has 4 aromatic carbocycles. The molecule has 0 aliphatic rings. The van der Waals surface area contributed by atoms with E-state index in [0.717, 1.165) is 22.3 Å². The summed E-state index contributed by atoms with van der Waals surface area (Å²) in [6.07, 6.45) is 0. The maximum atomic E-state index is 6.31. The molecule has 0 atom stereocenters. The number of ether oxygens (including phenoxy) is 4. The van der Waals surface area contributed by atoms with Gasteiger partial charge in [0.05, 0.1) is 21.3 Å². The fourth-order valence-electron chi connectivity index (χ4n) is 3.55. The minimum absolute atomic E-state index is 0.478. The molecule has 0 N–H and O–H groups in total. The molecule has 0 aromatic heterocycles. The van der Waals surface area contributed by atoms with Gasteiger partial charge in [-0.2, -0.15) is 0 Å². The van der Waals surface area contributed by atoms with Gasteiger partial charge in [-0.05, 0) is 41.0 Å². The van der Waals surface area contributed by atoms with Gasteiger partial charge in [-0.3, -0.25) is 0 Å². The third kappa shape index (κ3) is 4.19. The average Bonchev–Trinajstić information content (AvgIpc) is 2.84. The van der Waals surface area contributed by atoms with Crippen molar-refractivity contribution in [3.8, 4) is 51.0 Å². The zero-order valence-electron chi connectivity index (χ0n) is 17.8. The molecule has 0 aliphatic carbocycles. The van der Waals surface area contributed by atoms with Crippen LogP contribution in [-0.2, 0) is 0 Å². The van der Waals surface area contributed by atoms with E-state index in [9.17, 15) is 0 Å². The van der Waals surface area contributed by atoms with Gasteiger partial charge in [-0.25, -0.2) is 0 Å². The molecule has 4 heteroatoms. The monoisotopic (exact) mass is 412 g/mol. The number of hydrogen-bond acceptors (Lipinski definition) is 4. The van der Waals surface area contributed by atoms with Crippen LogP contribution < -0.4 is 18.9 Å². The smallest absolute Gasteiger partial charge is 0.208 e. The summed E-state index contributed by atoms with van der Waals surface area (Å²) < 4.78 is 23.2. The zero-order chi connectivity index (χ0) is 21.6. The lowest BCUT2D eigenvalue weighted by Crippen LogP contribution is -2.00. The molecule has 156 valence electrons. The Morgan fingerprint density at radius 2 is 1.10 bits per heavy atom. The van der Waals surface area contributed by atoms with Gasteiger partial charge in [-0.1, -0.05) is 66.7 Å². The highest BCUT2D eigenvalue weighted by atomic mass is 16.5. The van der Waals surface area contributed by atoms with E-state index >= 15 is 0 Å². The first-order valence-electron chi connectivity index (χ1n) is 9.97. The van der Waals surface area contributed by atoms with Gasteiger partial charge in [0.15, 0.2) is 11.5 Å². The zero-order valence-corrected chi connectivity index (χ0v) is 17.8. The lowest BCUT2D eigenvalue weighted by atomic mass is 9.97. The van der Waals surface area contributed by atoms with Crippen molar-refractivity contribution in [2.45, 2.75) is 0 Å². The fraction of sp³-hybridized carbons (Fsp3) is 0.111. The Balaban J connectivity index is 1.92. The van der Waals surface area contributed by atoms with E-state index in [0.29, 0.717) is 28.7 Å². The van der Waals surface area contributed by atoms with Crippen molar-refractivity contribution in [2.24, 2.45) is 0 Å². The van der Waals surface area contributed by atoms with Gasteiger partial charge in [0.25, 0.3) is 0 Å². The topological polar surface area (TPSA) is 36.9 Å². The van der Waals surface area contributed by atoms with Crippen LogP contribution in [0, 0.1) is 0 Å². The Morgan fingerprint density at radius 1 is 0.484 bits per heavy atom. The largest absolute Gasteiger partial charge is 0.493 e. The Labute approximate surface area is 182 Å². The van der Waals surface area contributed by atoms with E-state index in [2.05, 4.69) is 24.3 Å². The highest BCUT2D eigenvalue weighted by molar-refractivity contribution is 5.82. The first kappa shape index (κ1) is 20.4. The molecule has 0 spiro atoms. The fourth-order valence-corrected chi connectivity index (χ4v) is 3.55. The summed E-state index contributed by atoms with van der Waals surface area (Å²) in [5, 5.41) is 0. The molecule has 0 fully saturated rings. The standard InChI is InChI=1S/C27H24O4/c1-28-24-18-23(21-14-10-13-20(17-21)19-11-6-4-7-12-19)25(27(30-3)26(24)29-2)31-22-15-8-5-9-16-22/h4-18H,1-3H3. The van der Waals surface area contributed by atoms with E-state index in [1.807, 2.05) is 66.7 Å². The summed E-state index contributed by atoms with van der Waals surface area (Å²) >= 11 is 0. The molecule has 31 heavy (non-hydrogen) atoms. The minimum atomic E-state index is 0.478. The summed E-state index contributed by atoms with van der Waals surface area (Å²) in [7, 11) is 4.79. The normalized spacial score (nSPS) is 10.4. The third-order valence-corrected chi connectivity index (χ3v) is 5.03. The predicted octanol–water partition coefficient (Wildman–Crippen LogP) is 6.84. The lowest BCUT2D eigenvalue weighted by Gasteiger charge is -2.20. The van der Waals surface area contributed by atoms with Crippen molar-refractivity contribution in [3.05, 3.63) is 91.0 Å². The van der Waals surface area contributed by atoms with E-state index in [1.165, 1.54) is 0 Å². The van der Waals surface area contributed by atoms with Crippen LogP contribution >= 0.6 is 0 Å². The maximum Gasteiger partial charge on any atom is 0.208 e. The average molecular weight is 412 g/mol. The molecule has 0 saturated carbocycles. The van der Waals surface area contributed by atoms with Gasteiger partial charge in [-0.15, -0.1) is 0 Å². The van der Waals surface area contributed by atoms with E-state index < -0.39 is 0 Å². The van der Waals surface area contributed by atoms with Crippen LogP contribution in [0.15, 0.2) is 91.0 Å². The van der Waals surface area contributed by atoms with Crippen LogP contribution in [0.1, 0.15) is 0 Å². The first-order valence-corrected chi connectivity index (χ1v) is 9.97. The van der Waals surface area contributed by atoms with Crippen LogP contribution in [0.2, 0.25) is 0 Å². The predicted molar refractivity (Wildman–Crippen MR) is 123 cm³/mol. The number of methoxy groups -OCH3 is 3. The van der Waals surface area contributed by atoms with Crippen molar-refractivity contribution in [1.82, 2.24) is 0 Å². The number of hydrogen-bond donors (Lipinski definition) is 0. The first-order chi connectivity index (χ1) is 15.2. The van der Waals surface area contributed by atoms with E-state index in [1.54, 1.807) is 21.3 Å². The summed E-state index contributed by atoms with van der Waals surface area (Å²) in [5.74, 6) is 2.80. The summed E-state index contributed by atoms with van der Waals surface area (Å²) in [5.41, 5.74) is 4.07. The molecule has 0 aliphatic heterocycles. The maximum absolute atomic E-state index is 6.31. The van der Waals surface area contributed by atoms with Crippen molar-refractivity contribution in [3.63, 3.8) is 0 Å². The van der Waals surface area contributed by atoms with Crippen LogP contribution in [0.4, 0.5) is 0 Å². The van der Waals surface area contributed by atoms with E-state index in [4.69, 9.17) is 18.9 Å². The van der Waals surface area contributed by atoms with Gasteiger partial charge in [0, 0.05) is 5.56 Å². The molecule has 0 bridgehead atoms.